The van der Waals surface area contributed by atoms with Crippen LogP contribution < -0.4 is 10.2 Å². The van der Waals surface area contributed by atoms with Crippen LogP contribution in [0.3, 0.4) is 0 Å². The van der Waals surface area contributed by atoms with E-state index in [4.69, 9.17) is 18.8 Å². The van der Waals surface area contributed by atoms with Gasteiger partial charge in [0, 0.05) is 17.4 Å². The Morgan fingerprint density at radius 1 is 1.12 bits per heavy atom. The Hall–Kier alpha value is -1.11. The second kappa shape index (κ2) is 6.32. The number of hydrogen-bond acceptors (Lipinski definition) is 4. The van der Waals surface area contributed by atoms with E-state index in [0.717, 1.165) is 19.3 Å². The molecule has 4 nitrogen and oxygen atoms in total. The fraction of sp³-hybridized carbons (Fsp3) is 0.667. The third kappa shape index (κ3) is 3.19. The lowest BCUT2D eigenvalue weighted by Gasteiger charge is -2.32. The summed E-state index contributed by atoms with van der Waals surface area (Å²) < 4.78 is 38.2. The first-order chi connectivity index (χ1) is 11.2. The Bertz CT molecular complexity index is 595. The van der Waals surface area contributed by atoms with Crippen molar-refractivity contribution in [2.45, 2.75) is 71.4 Å². The number of halogens is 1. The molecule has 2 aliphatic rings. The molecule has 0 saturated carbocycles. The van der Waals surface area contributed by atoms with Gasteiger partial charge in [-0.25, -0.2) is 4.39 Å². The van der Waals surface area contributed by atoms with E-state index in [9.17, 15) is 4.39 Å². The van der Waals surface area contributed by atoms with Crippen LogP contribution in [0, 0.1) is 12.7 Å². The van der Waals surface area contributed by atoms with Crippen LogP contribution in [-0.4, -0.2) is 31.2 Å². The van der Waals surface area contributed by atoms with Gasteiger partial charge in [-0.15, -0.1) is 0 Å². The Morgan fingerprint density at radius 2 is 1.79 bits per heavy atom. The average Bonchev–Trinajstić information content (AvgIpc) is 2.73. The molecule has 3 rings (SSSR count). The number of rotatable bonds is 3. The van der Waals surface area contributed by atoms with E-state index in [0.29, 0.717) is 23.4 Å². The fourth-order valence-corrected chi connectivity index (χ4v) is 2.91. The predicted molar refractivity (Wildman–Crippen MR) is 91.1 cm³/mol. The maximum atomic E-state index is 14.9. The fourth-order valence-electron chi connectivity index (χ4n) is 2.91. The summed E-state index contributed by atoms with van der Waals surface area (Å²) in [6, 6.07) is 3.46. The highest BCUT2D eigenvalue weighted by atomic mass is 19.1. The molecule has 132 valence electrons. The zero-order valence-electron chi connectivity index (χ0n) is 15.1. The van der Waals surface area contributed by atoms with Crippen LogP contribution in [-0.2, 0) is 14.0 Å². The quantitative estimate of drug-likeness (QED) is 0.794. The predicted octanol–water partition coefficient (Wildman–Crippen LogP) is 3.34. The van der Waals surface area contributed by atoms with Gasteiger partial charge in [0.05, 0.1) is 17.8 Å². The van der Waals surface area contributed by atoms with Crippen LogP contribution in [0.5, 0.6) is 5.75 Å². The topological polar surface area (TPSA) is 36.9 Å². The van der Waals surface area contributed by atoms with Crippen molar-refractivity contribution in [2.75, 3.05) is 6.61 Å². The molecule has 24 heavy (non-hydrogen) atoms. The van der Waals surface area contributed by atoms with E-state index < -0.39 is 18.3 Å². The molecule has 2 saturated heterocycles. The molecule has 2 aliphatic heterocycles. The van der Waals surface area contributed by atoms with Crippen LogP contribution in [0.15, 0.2) is 12.1 Å². The van der Waals surface area contributed by atoms with Crippen molar-refractivity contribution in [1.29, 1.82) is 0 Å². The van der Waals surface area contributed by atoms with Crippen molar-refractivity contribution in [2.24, 2.45) is 0 Å². The van der Waals surface area contributed by atoms with E-state index in [1.54, 1.807) is 19.1 Å². The molecular formula is C18H26BFO4. The molecule has 1 aromatic carbocycles. The van der Waals surface area contributed by atoms with Gasteiger partial charge in [-0.1, -0.05) is 6.07 Å². The minimum Gasteiger partial charge on any atom is -0.465 e. The zero-order chi connectivity index (χ0) is 17.5. The molecule has 0 radical (unpaired) electrons. The van der Waals surface area contributed by atoms with Gasteiger partial charge in [0.2, 0.25) is 0 Å². The molecule has 1 aromatic rings. The van der Waals surface area contributed by atoms with Gasteiger partial charge < -0.3 is 18.8 Å². The van der Waals surface area contributed by atoms with E-state index in [-0.39, 0.29) is 12.1 Å². The normalized spacial score (nSPS) is 25.8. The first-order valence-corrected chi connectivity index (χ1v) is 8.64. The first kappa shape index (κ1) is 17.7. The Morgan fingerprint density at radius 3 is 2.38 bits per heavy atom. The highest BCUT2D eigenvalue weighted by molar-refractivity contribution is 6.62. The third-order valence-electron chi connectivity index (χ3n) is 5.27. The van der Waals surface area contributed by atoms with Crippen molar-refractivity contribution in [3.63, 3.8) is 0 Å². The summed E-state index contributed by atoms with van der Waals surface area (Å²) in [5.74, 6) is 0.168. The van der Waals surface area contributed by atoms with Gasteiger partial charge in [-0.2, -0.15) is 0 Å². The SMILES string of the molecule is Cc1c(O[C@H]2CCCCO2)ccc(B2OC(C)(C)C(C)(C)O2)c1F. The van der Waals surface area contributed by atoms with Gasteiger partial charge >= 0.3 is 7.12 Å². The Kier molecular flexibility index (Phi) is 4.66. The molecule has 0 spiro atoms. The smallest absolute Gasteiger partial charge is 0.465 e. The summed E-state index contributed by atoms with van der Waals surface area (Å²) in [6.07, 6.45) is 2.66. The average molecular weight is 336 g/mol. The molecule has 0 N–H and O–H groups in total. The highest BCUT2D eigenvalue weighted by Gasteiger charge is 2.52. The number of ether oxygens (including phenoxy) is 2. The van der Waals surface area contributed by atoms with Crippen LogP contribution in [0.1, 0.15) is 52.5 Å². The highest BCUT2D eigenvalue weighted by Crippen LogP contribution is 2.37. The number of benzene rings is 1. The standard InChI is InChI=1S/C18H26BFO4/c1-12-14(22-15-8-6-7-11-21-15)10-9-13(16(12)20)19-23-17(2,3)18(4,5)24-19/h9-10,15H,6-8,11H2,1-5H3/t15-/m0/s1. The molecule has 0 amide bonds. The van der Waals surface area contributed by atoms with E-state index >= 15 is 0 Å². The van der Waals surface area contributed by atoms with Crippen LogP contribution in [0.2, 0.25) is 0 Å². The largest absolute Gasteiger partial charge is 0.497 e. The molecule has 0 unspecified atom stereocenters. The van der Waals surface area contributed by atoms with Crippen molar-refractivity contribution < 1.29 is 23.2 Å². The van der Waals surface area contributed by atoms with Crippen molar-refractivity contribution in [3.05, 3.63) is 23.5 Å². The van der Waals surface area contributed by atoms with Gasteiger partial charge in [0.1, 0.15) is 11.6 Å². The number of hydrogen-bond donors (Lipinski definition) is 0. The van der Waals surface area contributed by atoms with Crippen LogP contribution in [0.4, 0.5) is 4.39 Å². The Balaban J connectivity index is 1.80. The zero-order valence-corrected chi connectivity index (χ0v) is 15.1. The molecular weight excluding hydrogens is 310 g/mol. The summed E-state index contributed by atoms with van der Waals surface area (Å²) in [4.78, 5) is 0. The molecule has 0 bridgehead atoms. The molecule has 2 heterocycles. The minimum atomic E-state index is -0.714. The summed E-state index contributed by atoms with van der Waals surface area (Å²) in [5, 5.41) is 0. The molecule has 0 aliphatic carbocycles. The van der Waals surface area contributed by atoms with Gasteiger partial charge in [-0.3, -0.25) is 0 Å². The molecule has 0 aromatic heterocycles. The summed E-state index contributed by atoms with van der Waals surface area (Å²) in [5.41, 5.74) is -0.133. The lowest BCUT2D eigenvalue weighted by Crippen LogP contribution is -2.41. The lowest BCUT2D eigenvalue weighted by atomic mass is 9.77. The first-order valence-electron chi connectivity index (χ1n) is 8.64. The molecule has 2 fully saturated rings. The van der Waals surface area contributed by atoms with Gasteiger partial charge in [0.15, 0.2) is 6.29 Å². The van der Waals surface area contributed by atoms with Crippen molar-refractivity contribution >= 4 is 12.6 Å². The van der Waals surface area contributed by atoms with Crippen molar-refractivity contribution in [3.8, 4) is 5.75 Å². The van der Waals surface area contributed by atoms with E-state index in [1.807, 2.05) is 27.7 Å². The van der Waals surface area contributed by atoms with E-state index in [1.165, 1.54) is 0 Å². The van der Waals surface area contributed by atoms with Crippen LogP contribution >= 0.6 is 0 Å². The summed E-state index contributed by atoms with van der Waals surface area (Å²) >= 11 is 0. The summed E-state index contributed by atoms with van der Waals surface area (Å²) in [6.45, 7) is 10.2. The third-order valence-corrected chi connectivity index (χ3v) is 5.27. The van der Waals surface area contributed by atoms with Crippen LogP contribution in [0.25, 0.3) is 0 Å². The molecule has 1 atom stereocenters. The van der Waals surface area contributed by atoms with Crippen molar-refractivity contribution in [1.82, 2.24) is 0 Å². The maximum absolute atomic E-state index is 14.9. The summed E-state index contributed by atoms with van der Waals surface area (Å²) in [7, 11) is -0.714. The van der Waals surface area contributed by atoms with Gasteiger partial charge in [0.25, 0.3) is 0 Å². The lowest BCUT2D eigenvalue weighted by molar-refractivity contribution is -0.106. The molecule has 6 heteroatoms. The monoisotopic (exact) mass is 336 g/mol. The van der Waals surface area contributed by atoms with E-state index in [2.05, 4.69) is 0 Å². The van der Waals surface area contributed by atoms with Gasteiger partial charge in [-0.05, 0) is 53.5 Å². The second-order valence-electron chi connectivity index (χ2n) is 7.59. The minimum absolute atomic E-state index is 0.292. The maximum Gasteiger partial charge on any atom is 0.497 e. The Labute approximate surface area is 143 Å². The second-order valence-corrected chi connectivity index (χ2v) is 7.59.